The smallest absolute Gasteiger partial charge is 0.335 e. The molecule has 0 unspecified atom stereocenters. The Kier molecular flexibility index (Phi) is 6.40. The van der Waals surface area contributed by atoms with Crippen molar-refractivity contribution >= 4 is 51.5 Å². The minimum absolute atomic E-state index is 0.00741. The minimum Gasteiger partial charge on any atom is -0.492 e. The number of carbonyl (C=O) groups is 4. The highest BCUT2D eigenvalue weighted by Crippen LogP contribution is 2.37. The Hall–Kier alpha value is -3.66. The maximum absolute atomic E-state index is 13.0. The summed E-state index contributed by atoms with van der Waals surface area (Å²) in [6.45, 7) is 2.17. The summed E-state index contributed by atoms with van der Waals surface area (Å²) < 4.78 is 11.4. The first kappa shape index (κ1) is 22.0. The van der Waals surface area contributed by atoms with Crippen molar-refractivity contribution < 1.29 is 33.8 Å². The van der Waals surface area contributed by atoms with Crippen LogP contribution in [0.25, 0.3) is 6.08 Å². The van der Waals surface area contributed by atoms with Crippen molar-refractivity contribution in [1.29, 1.82) is 0 Å². The molecule has 1 aliphatic heterocycles. The zero-order valence-electron chi connectivity index (χ0n) is 16.5. The molecule has 3 rings (SSSR count). The Balaban J connectivity index is 2.02. The summed E-state index contributed by atoms with van der Waals surface area (Å²) in [7, 11) is 1.48. The van der Waals surface area contributed by atoms with Crippen molar-refractivity contribution in [1.82, 2.24) is 5.32 Å². The molecule has 10 heteroatoms. The average Bonchev–Trinajstić information content (AvgIpc) is 2.71. The molecule has 9 nitrogen and oxygen atoms in total. The number of carbonyl (C=O) groups excluding carboxylic acids is 3. The van der Waals surface area contributed by atoms with Crippen LogP contribution < -0.4 is 19.7 Å². The number of barbiturate groups is 1. The summed E-state index contributed by atoms with van der Waals surface area (Å²) in [5, 5.41) is 11.1. The molecule has 160 valence electrons. The van der Waals surface area contributed by atoms with E-state index >= 15 is 0 Å². The van der Waals surface area contributed by atoms with Crippen molar-refractivity contribution in [2.75, 3.05) is 18.6 Å². The maximum atomic E-state index is 13.0. The molecule has 4 amide bonds. The van der Waals surface area contributed by atoms with Crippen molar-refractivity contribution in [2.24, 2.45) is 0 Å². The number of nitrogens with zero attached hydrogens (tertiary/aromatic N) is 1. The van der Waals surface area contributed by atoms with Gasteiger partial charge >= 0.3 is 12.0 Å². The number of nitrogens with one attached hydrogen (secondary N) is 1. The van der Waals surface area contributed by atoms with Gasteiger partial charge in [-0.1, -0.05) is 0 Å². The van der Waals surface area contributed by atoms with E-state index in [9.17, 15) is 19.2 Å². The van der Waals surface area contributed by atoms with E-state index < -0.39 is 23.8 Å². The Morgan fingerprint density at radius 3 is 2.45 bits per heavy atom. The van der Waals surface area contributed by atoms with Gasteiger partial charge in [0.25, 0.3) is 11.8 Å². The Bertz CT molecular complexity index is 1110. The van der Waals surface area contributed by atoms with Gasteiger partial charge in [-0.15, -0.1) is 0 Å². The number of halogens is 1. The second-order valence-corrected chi connectivity index (χ2v) is 7.13. The van der Waals surface area contributed by atoms with Gasteiger partial charge in [0.1, 0.15) is 5.57 Å². The van der Waals surface area contributed by atoms with Crippen LogP contribution in [0.3, 0.4) is 0 Å². The Morgan fingerprint density at radius 1 is 1.19 bits per heavy atom. The Labute approximate surface area is 185 Å². The number of carboxylic acid groups (broad SMARTS) is 1. The van der Waals surface area contributed by atoms with Crippen LogP contribution in [0, 0.1) is 0 Å². The SMILES string of the molecule is CCOc1cc(/C=C2\C(=O)NC(=O)N(c3ccc(C(=O)O)cc3)C2=O)cc(Br)c1OC. The molecule has 0 atom stereocenters. The van der Waals surface area contributed by atoms with Crippen molar-refractivity contribution in [3.63, 3.8) is 0 Å². The molecule has 0 spiro atoms. The highest BCUT2D eigenvalue weighted by atomic mass is 79.9. The lowest BCUT2D eigenvalue weighted by atomic mass is 10.1. The summed E-state index contributed by atoms with van der Waals surface area (Å²) in [6.07, 6.45) is 1.33. The fraction of sp³-hybridized carbons (Fsp3) is 0.143. The quantitative estimate of drug-likeness (QED) is 0.472. The lowest BCUT2D eigenvalue weighted by Gasteiger charge is -2.26. The topological polar surface area (TPSA) is 122 Å². The number of urea groups is 1. The fourth-order valence-electron chi connectivity index (χ4n) is 2.94. The third-order valence-corrected chi connectivity index (χ3v) is 4.91. The molecule has 0 radical (unpaired) electrons. The number of anilines is 1. The van der Waals surface area contributed by atoms with E-state index in [-0.39, 0.29) is 16.8 Å². The first-order valence-corrected chi connectivity index (χ1v) is 9.81. The third kappa shape index (κ3) is 4.43. The van der Waals surface area contributed by atoms with E-state index in [1.165, 1.54) is 37.5 Å². The zero-order valence-corrected chi connectivity index (χ0v) is 18.1. The zero-order chi connectivity index (χ0) is 22.7. The third-order valence-electron chi connectivity index (χ3n) is 4.32. The minimum atomic E-state index is -1.15. The first-order valence-electron chi connectivity index (χ1n) is 9.02. The van der Waals surface area contributed by atoms with Crippen LogP contribution in [0.5, 0.6) is 11.5 Å². The van der Waals surface area contributed by atoms with Gasteiger partial charge in [0.05, 0.1) is 29.4 Å². The van der Waals surface area contributed by atoms with Gasteiger partial charge in [-0.25, -0.2) is 14.5 Å². The number of carboxylic acids is 1. The van der Waals surface area contributed by atoms with Gasteiger partial charge in [-0.3, -0.25) is 14.9 Å². The molecular formula is C21H17BrN2O7. The lowest BCUT2D eigenvalue weighted by Crippen LogP contribution is -2.54. The van der Waals surface area contributed by atoms with Crippen LogP contribution in [0.2, 0.25) is 0 Å². The molecular weight excluding hydrogens is 472 g/mol. The molecule has 0 aliphatic carbocycles. The molecule has 31 heavy (non-hydrogen) atoms. The number of methoxy groups -OCH3 is 1. The highest BCUT2D eigenvalue weighted by Gasteiger charge is 2.37. The normalized spacial score (nSPS) is 15.1. The average molecular weight is 489 g/mol. The number of aromatic carboxylic acids is 1. The monoisotopic (exact) mass is 488 g/mol. The fourth-order valence-corrected chi connectivity index (χ4v) is 3.57. The molecule has 0 bridgehead atoms. The predicted molar refractivity (Wildman–Crippen MR) is 114 cm³/mol. The van der Waals surface area contributed by atoms with Crippen LogP contribution in [0.4, 0.5) is 10.5 Å². The molecule has 1 fully saturated rings. The highest BCUT2D eigenvalue weighted by molar-refractivity contribution is 9.10. The van der Waals surface area contributed by atoms with Gasteiger partial charge < -0.3 is 14.6 Å². The largest absolute Gasteiger partial charge is 0.492 e. The number of benzene rings is 2. The number of amides is 4. The number of imide groups is 2. The predicted octanol–water partition coefficient (Wildman–Crippen LogP) is 3.22. The van der Waals surface area contributed by atoms with Crippen LogP contribution >= 0.6 is 15.9 Å². The number of ether oxygens (including phenoxy) is 2. The standard InChI is InChI=1S/C21H17BrN2O7/c1-3-31-16-10-11(9-15(22)17(16)30-2)8-14-18(25)23-21(29)24(19(14)26)13-6-4-12(5-7-13)20(27)28/h4-10H,3H2,1-2H3,(H,27,28)(H,23,25,29)/b14-8+. The molecule has 2 aromatic rings. The molecule has 1 heterocycles. The van der Waals surface area contributed by atoms with Gasteiger partial charge in [0.15, 0.2) is 11.5 Å². The van der Waals surface area contributed by atoms with Crippen molar-refractivity contribution in [2.45, 2.75) is 6.92 Å². The first-order chi connectivity index (χ1) is 14.8. The van der Waals surface area contributed by atoms with Gasteiger partial charge in [0, 0.05) is 0 Å². The van der Waals surface area contributed by atoms with Crippen molar-refractivity contribution in [3.8, 4) is 11.5 Å². The van der Waals surface area contributed by atoms with Crippen LogP contribution in [-0.4, -0.2) is 42.6 Å². The van der Waals surface area contributed by atoms with E-state index in [0.717, 1.165) is 4.90 Å². The summed E-state index contributed by atoms with van der Waals surface area (Å²) >= 11 is 3.37. The van der Waals surface area contributed by atoms with E-state index in [2.05, 4.69) is 21.2 Å². The van der Waals surface area contributed by atoms with Gasteiger partial charge in [-0.2, -0.15) is 0 Å². The number of rotatable bonds is 6. The van der Waals surface area contributed by atoms with Gasteiger partial charge in [0.2, 0.25) is 0 Å². The van der Waals surface area contributed by atoms with Crippen molar-refractivity contribution in [3.05, 3.63) is 57.6 Å². The molecule has 2 N–H and O–H groups in total. The molecule has 0 aromatic heterocycles. The summed E-state index contributed by atoms with van der Waals surface area (Å²) in [6, 6.07) is 7.44. The number of hydrogen-bond acceptors (Lipinski definition) is 6. The van der Waals surface area contributed by atoms with Crippen LogP contribution in [0.15, 0.2) is 46.4 Å². The molecule has 0 saturated carbocycles. The van der Waals surface area contributed by atoms with E-state index in [1.54, 1.807) is 19.1 Å². The molecule has 1 saturated heterocycles. The van der Waals surface area contributed by atoms with E-state index in [4.69, 9.17) is 14.6 Å². The summed E-state index contributed by atoms with van der Waals surface area (Å²) in [4.78, 5) is 49.4. The maximum Gasteiger partial charge on any atom is 0.335 e. The van der Waals surface area contributed by atoms with E-state index in [0.29, 0.717) is 28.1 Å². The lowest BCUT2D eigenvalue weighted by molar-refractivity contribution is -0.122. The van der Waals surface area contributed by atoms with Crippen LogP contribution in [0.1, 0.15) is 22.8 Å². The molecule has 1 aliphatic rings. The second-order valence-electron chi connectivity index (χ2n) is 6.28. The number of hydrogen-bond donors (Lipinski definition) is 2. The second kappa shape index (κ2) is 9.00. The Morgan fingerprint density at radius 2 is 1.87 bits per heavy atom. The molecule has 2 aromatic carbocycles. The van der Waals surface area contributed by atoms with Gasteiger partial charge in [-0.05, 0) is 70.9 Å². The summed E-state index contributed by atoms with van der Waals surface area (Å²) in [5.41, 5.74) is 0.301. The van der Waals surface area contributed by atoms with Crippen LogP contribution in [-0.2, 0) is 9.59 Å². The van der Waals surface area contributed by atoms with E-state index in [1.807, 2.05) is 0 Å². The summed E-state index contributed by atoms with van der Waals surface area (Å²) in [5.74, 6) is -1.97.